The SMILES string of the molecule is CCNc1nnc(-c2sc(COC)nc2C)s1. The van der Waals surface area contributed by atoms with Gasteiger partial charge in [0.1, 0.15) is 5.01 Å². The van der Waals surface area contributed by atoms with E-state index in [9.17, 15) is 0 Å². The molecule has 0 amide bonds. The standard InChI is InChI=1S/C10H14N4OS2/c1-4-11-10-14-13-9(17-10)8-6(2)12-7(16-8)5-15-3/h4-5H2,1-3H3,(H,11,14). The topological polar surface area (TPSA) is 59.9 Å². The van der Waals surface area contributed by atoms with Gasteiger partial charge >= 0.3 is 0 Å². The minimum atomic E-state index is 0.546. The first-order chi connectivity index (χ1) is 8.24. The molecule has 0 aliphatic carbocycles. The second-order valence-corrected chi connectivity index (χ2v) is 5.46. The molecule has 0 aliphatic rings. The van der Waals surface area contributed by atoms with Gasteiger partial charge in [0.2, 0.25) is 5.13 Å². The highest BCUT2D eigenvalue weighted by Gasteiger charge is 2.14. The summed E-state index contributed by atoms with van der Waals surface area (Å²) in [7, 11) is 1.67. The van der Waals surface area contributed by atoms with E-state index in [-0.39, 0.29) is 0 Å². The molecule has 0 aliphatic heterocycles. The van der Waals surface area contributed by atoms with Crippen molar-refractivity contribution >= 4 is 27.8 Å². The maximum atomic E-state index is 5.08. The van der Waals surface area contributed by atoms with Crippen molar-refractivity contribution < 1.29 is 4.74 Å². The Hall–Kier alpha value is -1.05. The van der Waals surface area contributed by atoms with Gasteiger partial charge in [-0.15, -0.1) is 21.5 Å². The van der Waals surface area contributed by atoms with Crippen molar-refractivity contribution in [1.29, 1.82) is 0 Å². The number of methoxy groups -OCH3 is 1. The number of hydrogen-bond donors (Lipinski definition) is 1. The first-order valence-corrected chi connectivity index (χ1v) is 6.91. The van der Waals surface area contributed by atoms with Crippen LogP contribution in [0, 0.1) is 6.92 Å². The number of rotatable bonds is 5. The van der Waals surface area contributed by atoms with Crippen LogP contribution in [0.2, 0.25) is 0 Å². The molecular formula is C10H14N4OS2. The van der Waals surface area contributed by atoms with E-state index in [2.05, 4.69) is 20.5 Å². The maximum Gasteiger partial charge on any atom is 0.206 e. The molecule has 0 saturated carbocycles. The summed E-state index contributed by atoms with van der Waals surface area (Å²) in [5.41, 5.74) is 0.987. The second-order valence-electron chi connectivity index (χ2n) is 3.40. The molecule has 2 aromatic rings. The number of nitrogens with zero attached hydrogens (tertiary/aromatic N) is 3. The Balaban J connectivity index is 2.25. The molecule has 2 rings (SSSR count). The van der Waals surface area contributed by atoms with E-state index in [4.69, 9.17) is 4.74 Å². The molecule has 0 spiro atoms. The van der Waals surface area contributed by atoms with Crippen LogP contribution in [0.3, 0.4) is 0 Å². The van der Waals surface area contributed by atoms with Crippen LogP contribution in [0.25, 0.3) is 9.88 Å². The van der Waals surface area contributed by atoms with E-state index in [0.29, 0.717) is 6.61 Å². The van der Waals surface area contributed by atoms with Crippen LogP contribution < -0.4 is 5.32 Å². The minimum Gasteiger partial charge on any atom is -0.378 e. The number of aromatic nitrogens is 3. The summed E-state index contributed by atoms with van der Waals surface area (Å²) >= 11 is 3.17. The van der Waals surface area contributed by atoms with Crippen molar-refractivity contribution in [2.45, 2.75) is 20.5 Å². The lowest BCUT2D eigenvalue weighted by Crippen LogP contribution is -1.94. The molecule has 0 fully saturated rings. The zero-order chi connectivity index (χ0) is 12.3. The van der Waals surface area contributed by atoms with Crippen molar-refractivity contribution in [2.24, 2.45) is 0 Å². The average molecular weight is 270 g/mol. The van der Waals surface area contributed by atoms with Crippen LogP contribution in [0.15, 0.2) is 0 Å². The lowest BCUT2D eigenvalue weighted by molar-refractivity contribution is 0.184. The summed E-state index contributed by atoms with van der Waals surface area (Å²) in [6.07, 6.45) is 0. The van der Waals surface area contributed by atoms with Crippen molar-refractivity contribution in [2.75, 3.05) is 19.0 Å². The zero-order valence-electron chi connectivity index (χ0n) is 9.98. The van der Waals surface area contributed by atoms with E-state index in [1.165, 1.54) is 0 Å². The monoisotopic (exact) mass is 270 g/mol. The van der Waals surface area contributed by atoms with Gasteiger partial charge < -0.3 is 10.1 Å². The molecule has 0 saturated heterocycles. The van der Waals surface area contributed by atoms with E-state index in [0.717, 1.165) is 32.3 Å². The van der Waals surface area contributed by atoms with E-state index in [1.54, 1.807) is 29.8 Å². The fourth-order valence-electron chi connectivity index (χ4n) is 1.37. The van der Waals surface area contributed by atoms with Gasteiger partial charge in [0.15, 0.2) is 5.01 Å². The lowest BCUT2D eigenvalue weighted by Gasteiger charge is -1.92. The van der Waals surface area contributed by atoms with E-state index >= 15 is 0 Å². The largest absolute Gasteiger partial charge is 0.378 e. The lowest BCUT2D eigenvalue weighted by atomic mass is 10.4. The van der Waals surface area contributed by atoms with Crippen molar-refractivity contribution in [1.82, 2.24) is 15.2 Å². The fourth-order valence-corrected chi connectivity index (χ4v) is 3.34. The van der Waals surface area contributed by atoms with Crippen LogP contribution in [0.1, 0.15) is 17.6 Å². The molecule has 92 valence electrons. The Morgan fingerprint density at radius 2 is 2.12 bits per heavy atom. The van der Waals surface area contributed by atoms with Gasteiger partial charge in [-0.2, -0.15) is 0 Å². The Labute approximate surface area is 108 Å². The summed E-state index contributed by atoms with van der Waals surface area (Å²) in [5.74, 6) is 0. The summed E-state index contributed by atoms with van der Waals surface area (Å²) < 4.78 is 5.08. The highest BCUT2D eigenvalue weighted by molar-refractivity contribution is 7.23. The van der Waals surface area contributed by atoms with Crippen LogP contribution in [-0.2, 0) is 11.3 Å². The summed E-state index contributed by atoms with van der Waals surface area (Å²) in [5, 5.41) is 14.2. The molecule has 0 aromatic carbocycles. The van der Waals surface area contributed by atoms with Crippen LogP contribution in [0.4, 0.5) is 5.13 Å². The molecule has 2 heterocycles. The Morgan fingerprint density at radius 1 is 1.29 bits per heavy atom. The number of aryl methyl sites for hydroxylation is 1. The van der Waals surface area contributed by atoms with Gasteiger partial charge in [0, 0.05) is 13.7 Å². The number of hydrogen-bond acceptors (Lipinski definition) is 7. The van der Waals surface area contributed by atoms with E-state index < -0.39 is 0 Å². The Morgan fingerprint density at radius 3 is 2.82 bits per heavy atom. The molecule has 5 nitrogen and oxygen atoms in total. The third-order valence-corrected chi connectivity index (χ3v) is 4.22. The molecule has 7 heteroatoms. The van der Waals surface area contributed by atoms with Crippen LogP contribution in [0.5, 0.6) is 0 Å². The van der Waals surface area contributed by atoms with Gasteiger partial charge in [0.25, 0.3) is 0 Å². The number of ether oxygens (including phenoxy) is 1. The second kappa shape index (κ2) is 5.52. The summed E-state index contributed by atoms with van der Waals surface area (Å²) in [4.78, 5) is 5.53. The first-order valence-electron chi connectivity index (χ1n) is 5.27. The number of thiazole rings is 1. The molecule has 0 unspecified atom stereocenters. The normalized spacial score (nSPS) is 10.8. The fraction of sp³-hybridized carbons (Fsp3) is 0.500. The summed E-state index contributed by atoms with van der Waals surface area (Å²) in [6.45, 7) is 5.42. The van der Waals surface area contributed by atoms with Crippen LogP contribution >= 0.6 is 22.7 Å². The van der Waals surface area contributed by atoms with Crippen molar-refractivity contribution in [3.63, 3.8) is 0 Å². The number of nitrogens with one attached hydrogen (secondary N) is 1. The Bertz CT molecular complexity index is 494. The third-order valence-electron chi connectivity index (χ3n) is 2.06. The highest BCUT2D eigenvalue weighted by Crippen LogP contribution is 2.33. The average Bonchev–Trinajstić information content (AvgIpc) is 2.87. The molecular weight excluding hydrogens is 256 g/mol. The van der Waals surface area contributed by atoms with Crippen molar-refractivity contribution in [3.8, 4) is 9.88 Å². The Kier molecular flexibility index (Phi) is 4.03. The zero-order valence-corrected chi connectivity index (χ0v) is 11.6. The quantitative estimate of drug-likeness (QED) is 0.904. The summed E-state index contributed by atoms with van der Waals surface area (Å²) in [6, 6.07) is 0. The van der Waals surface area contributed by atoms with Gasteiger partial charge in [-0.3, -0.25) is 0 Å². The molecule has 1 N–H and O–H groups in total. The van der Waals surface area contributed by atoms with Gasteiger partial charge in [-0.25, -0.2) is 4.98 Å². The van der Waals surface area contributed by atoms with Gasteiger partial charge in [0.05, 0.1) is 17.2 Å². The third kappa shape index (κ3) is 2.80. The molecule has 0 radical (unpaired) electrons. The predicted molar refractivity (Wildman–Crippen MR) is 70.6 cm³/mol. The molecule has 2 aromatic heterocycles. The van der Waals surface area contributed by atoms with Gasteiger partial charge in [-0.05, 0) is 13.8 Å². The van der Waals surface area contributed by atoms with Crippen molar-refractivity contribution in [3.05, 3.63) is 10.7 Å². The maximum absolute atomic E-state index is 5.08. The predicted octanol–water partition coefficient (Wildman–Crippen LogP) is 2.55. The molecule has 0 bridgehead atoms. The molecule has 0 atom stereocenters. The van der Waals surface area contributed by atoms with Gasteiger partial charge in [-0.1, -0.05) is 11.3 Å². The first kappa shape index (κ1) is 12.4. The minimum absolute atomic E-state index is 0.546. The smallest absolute Gasteiger partial charge is 0.206 e. The highest BCUT2D eigenvalue weighted by atomic mass is 32.1. The number of anilines is 1. The van der Waals surface area contributed by atoms with Crippen LogP contribution in [-0.4, -0.2) is 28.8 Å². The van der Waals surface area contributed by atoms with E-state index in [1.807, 2.05) is 13.8 Å². The molecule has 17 heavy (non-hydrogen) atoms.